The molecule has 1 aliphatic carbocycles. The Hall–Kier alpha value is -2.63. The first-order chi connectivity index (χ1) is 10.7. The van der Waals surface area contributed by atoms with Crippen LogP contribution in [0.1, 0.15) is 28.8 Å². The molecule has 0 aliphatic heterocycles. The summed E-state index contributed by atoms with van der Waals surface area (Å²) in [6, 6.07) is 9.41. The second-order valence-corrected chi connectivity index (χ2v) is 5.43. The van der Waals surface area contributed by atoms with E-state index in [4.69, 9.17) is 0 Å². The summed E-state index contributed by atoms with van der Waals surface area (Å²) in [6.07, 6.45) is 5.53. The molecular formula is C16H18N4O2. The number of rotatable bonds is 6. The molecule has 114 valence electrons. The van der Waals surface area contributed by atoms with Gasteiger partial charge in [-0.05, 0) is 36.6 Å². The maximum absolute atomic E-state index is 11.9. The summed E-state index contributed by atoms with van der Waals surface area (Å²) in [4.78, 5) is 23.6. The van der Waals surface area contributed by atoms with Gasteiger partial charge in [-0.2, -0.15) is 5.10 Å². The number of carbonyl (C=O) groups is 2. The van der Waals surface area contributed by atoms with Crippen LogP contribution in [0.15, 0.2) is 42.7 Å². The van der Waals surface area contributed by atoms with Crippen molar-refractivity contribution in [2.24, 2.45) is 0 Å². The minimum Gasteiger partial charge on any atom is -0.350 e. The Bertz CT molecular complexity index is 645. The lowest BCUT2D eigenvalue weighted by molar-refractivity contribution is -0.122. The van der Waals surface area contributed by atoms with Gasteiger partial charge in [0.15, 0.2) is 0 Å². The Morgan fingerprint density at radius 2 is 2.00 bits per heavy atom. The standard InChI is InChI=1S/C16H18N4O2/c21-15(11-20-9-1-8-18-20)17-10-12-2-4-13(5-3-12)16(22)19-14-6-7-14/h1-5,8-9,14H,6-7,10-11H2,(H,17,21)(H,19,22). The molecule has 3 rings (SSSR count). The zero-order valence-electron chi connectivity index (χ0n) is 12.2. The third-order valence-corrected chi connectivity index (χ3v) is 3.48. The topological polar surface area (TPSA) is 76.0 Å². The van der Waals surface area contributed by atoms with Gasteiger partial charge < -0.3 is 10.6 Å². The highest BCUT2D eigenvalue weighted by Crippen LogP contribution is 2.19. The van der Waals surface area contributed by atoms with Crippen LogP contribution in [0.25, 0.3) is 0 Å². The van der Waals surface area contributed by atoms with Crippen LogP contribution < -0.4 is 10.6 Å². The van der Waals surface area contributed by atoms with Gasteiger partial charge in [0.25, 0.3) is 5.91 Å². The van der Waals surface area contributed by atoms with Crippen molar-refractivity contribution in [3.63, 3.8) is 0 Å². The van der Waals surface area contributed by atoms with E-state index < -0.39 is 0 Å². The molecule has 1 aliphatic rings. The lowest BCUT2D eigenvalue weighted by atomic mass is 10.1. The Kier molecular flexibility index (Phi) is 4.18. The molecule has 2 N–H and O–H groups in total. The van der Waals surface area contributed by atoms with Crippen molar-refractivity contribution in [1.82, 2.24) is 20.4 Å². The summed E-state index contributed by atoms with van der Waals surface area (Å²) < 4.78 is 1.57. The van der Waals surface area contributed by atoms with E-state index in [0.717, 1.165) is 18.4 Å². The van der Waals surface area contributed by atoms with E-state index >= 15 is 0 Å². The summed E-state index contributed by atoms with van der Waals surface area (Å²) in [5, 5.41) is 9.76. The number of carbonyl (C=O) groups excluding carboxylic acids is 2. The molecule has 1 saturated carbocycles. The van der Waals surface area contributed by atoms with Crippen molar-refractivity contribution in [1.29, 1.82) is 0 Å². The molecule has 0 atom stereocenters. The van der Waals surface area contributed by atoms with Crippen LogP contribution in [0.2, 0.25) is 0 Å². The average Bonchev–Trinajstić information content (AvgIpc) is 3.19. The van der Waals surface area contributed by atoms with Gasteiger partial charge in [-0.1, -0.05) is 12.1 Å². The Morgan fingerprint density at radius 1 is 1.23 bits per heavy atom. The Labute approximate surface area is 128 Å². The van der Waals surface area contributed by atoms with Gasteiger partial charge in [-0.15, -0.1) is 0 Å². The van der Waals surface area contributed by atoms with Crippen molar-refractivity contribution in [2.75, 3.05) is 0 Å². The quantitative estimate of drug-likeness (QED) is 0.838. The van der Waals surface area contributed by atoms with Gasteiger partial charge in [0.1, 0.15) is 6.54 Å². The smallest absolute Gasteiger partial charge is 0.251 e. The number of benzene rings is 1. The summed E-state index contributed by atoms with van der Waals surface area (Å²) in [6.45, 7) is 0.638. The molecule has 6 nitrogen and oxygen atoms in total. The number of hydrogen-bond donors (Lipinski definition) is 2. The highest BCUT2D eigenvalue weighted by molar-refractivity contribution is 5.94. The van der Waals surface area contributed by atoms with E-state index in [-0.39, 0.29) is 18.4 Å². The fourth-order valence-electron chi connectivity index (χ4n) is 2.07. The molecule has 0 bridgehead atoms. The minimum atomic E-state index is -0.0979. The second kappa shape index (κ2) is 6.43. The van der Waals surface area contributed by atoms with Crippen LogP contribution in [0, 0.1) is 0 Å². The Balaban J connectivity index is 1.48. The fraction of sp³-hybridized carbons (Fsp3) is 0.312. The lowest BCUT2D eigenvalue weighted by Gasteiger charge is -2.07. The first-order valence-electron chi connectivity index (χ1n) is 7.34. The zero-order chi connectivity index (χ0) is 15.4. The van der Waals surface area contributed by atoms with Crippen molar-refractivity contribution in [3.05, 3.63) is 53.9 Å². The SMILES string of the molecule is O=C(Cn1cccn1)NCc1ccc(C(=O)NC2CC2)cc1. The molecule has 1 heterocycles. The van der Waals surface area contributed by atoms with Crippen molar-refractivity contribution >= 4 is 11.8 Å². The normalized spacial score (nSPS) is 13.6. The molecule has 0 spiro atoms. The fourth-order valence-corrected chi connectivity index (χ4v) is 2.07. The predicted molar refractivity (Wildman–Crippen MR) is 81.0 cm³/mol. The van der Waals surface area contributed by atoms with Crippen molar-refractivity contribution in [3.8, 4) is 0 Å². The van der Waals surface area contributed by atoms with E-state index in [9.17, 15) is 9.59 Å². The summed E-state index contributed by atoms with van der Waals surface area (Å²) in [7, 11) is 0. The minimum absolute atomic E-state index is 0.0308. The molecule has 22 heavy (non-hydrogen) atoms. The number of aromatic nitrogens is 2. The maximum atomic E-state index is 11.9. The second-order valence-electron chi connectivity index (χ2n) is 5.43. The molecule has 6 heteroatoms. The average molecular weight is 298 g/mol. The Morgan fingerprint density at radius 3 is 2.64 bits per heavy atom. The largest absolute Gasteiger partial charge is 0.350 e. The van der Waals surface area contributed by atoms with Gasteiger partial charge in [-0.3, -0.25) is 14.3 Å². The van der Waals surface area contributed by atoms with Gasteiger partial charge >= 0.3 is 0 Å². The van der Waals surface area contributed by atoms with Gasteiger partial charge in [0.2, 0.25) is 5.91 Å². The monoisotopic (exact) mass is 298 g/mol. The van der Waals surface area contributed by atoms with E-state index in [0.29, 0.717) is 18.2 Å². The van der Waals surface area contributed by atoms with Crippen molar-refractivity contribution < 1.29 is 9.59 Å². The predicted octanol–water partition coefficient (Wildman–Crippen LogP) is 1.09. The number of hydrogen-bond acceptors (Lipinski definition) is 3. The maximum Gasteiger partial charge on any atom is 0.251 e. The van der Waals surface area contributed by atoms with Crippen molar-refractivity contribution in [2.45, 2.75) is 32.0 Å². The van der Waals surface area contributed by atoms with E-state index in [2.05, 4.69) is 15.7 Å². The van der Waals surface area contributed by atoms with Gasteiger partial charge in [0.05, 0.1) is 0 Å². The number of amides is 2. The molecule has 1 aromatic carbocycles. The first-order valence-corrected chi connectivity index (χ1v) is 7.34. The molecule has 0 radical (unpaired) electrons. The molecule has 2 amide bonds. The zero-order valence-corrected chi connectivity index (χ0v) is 12.2. The molecule has 2 aromatic rings. The number of nitrogens with zero attached hydrogens (tertiary/aromatic N) is 2. The highest BCUT2D eigenvalue weighted by atomic mass is 16.2. The molecule has 0 unspecified atom stereocenters. The number of nitrogens with one attached hydrogen (secondary N) is 2. The molecule has 1 aromatic heterocycles. The van der Waals surface area contributed by atoms with Gasteiger partial charge in [-0.25, -0.2) is 0 Å². The van der Waals surface area contributed by atoms with Crippen LogP contribution in [0.5, 0.6) is 0 Å². The first kappa shape index (κ1) is 14.3. The highest BCUT2D eigenvalue weighted by Gasteiger charge is 2.23. The summed E-state index contributed by atoms with van der Waals surface area (Å²) >= 11 is 0. The third kappa shape index (κ3) is 3.94. The van der Waals surface area contributed by atoms with E-state index in [1.54, 1.807) is 35.3 Å². The van der Waals surface area contributed by atoms with E-state index in [1.165, 1.54) is 0 Å². The van der Waals surface area contributed by atoms with Gasteiger partial charge in [0, 0.05) is 30.5 Å². The summed E-state index contributed by atoms with van der Waals surface area (Å²) in [5.74, 6) is -0.129. The lowest BCUT2D eigenvalue weighted by Crippen LogP contribution is -2.27. The van der Waals surface area contributed by atoms with Crippen LogP contribution in [0.4, 0.5) is 0 Å². The molecular weight excluding hydrogens is 280 g/mol. The van der Waals surface area contributed by atoms with Crippen LogP contribution >= 0.6 is 0 Å². The third-order valence-electron chi connectivity index (χ3n) is 3.48. The van der Waals surface area contributed by atoms with Crippen LogP contribution in [-0.4, -0.2) is 27.6 Å². The summed E-state index contributed by atoms with van der Waals surface area (Å²) in [5.41, 5.74) is 1.61. The molecule has 0 saturated heterocycles. The van der Waals surface area contributed by atoms with E-state index in [1.807, 2.05) is 12.1 Å². The van der Waals surface area contributed by atoms with Crippen LogP contribution in [0.3, 0.4) is 0 Å². The van der Waals surface area contributed by atoms with Crippen LogP contribution in [-0.2, 0) is 17.9 Å². The molecule has 1 fully saturated rings.